The molecule has 7 heteroatoms. The number of carbonyl (C=O) groups excluding carboxylic acids is 2. The van der Waals surface area contributed by atoms with Crippen LogP contribution >= 0.6 is 0 Å². The van der Waals surface area contributed by atoms with E-state index in [2.05, 4.69) is 5.10 Å². The lowest BCUT2D eigenvalue weighted by atomic mass is 10.1. The first kappa shape index (κ1) is 18.0. The molecule has 0 radical (unpaired) electrons. The molecular formula is C19H18N2O4S. The van der Waals surface area contributed by atoms with Crippen molar-refractivity contribution in [2.24, 2.45) is 5.10 Å². The standard InChI is InChI=1S/C19H18N2O4S/c1-26(24)17-10-6-5-9-15(17)19(23)25-13-18(22)21-12-11-16(20-21)14-7-3-2-4-8-14/h2-10H,11-13H2,1H3/t26-/m0/s1. The first-order chi connectivity index (χ1) is 12.6. The Bertz CT molecular complexity index is 880. The minimum Gasteiger partial charge on any atom is -0.452 e. The Morgan fingerprint density at radius 2 is 1.81 bits per heavy atom. The minimum atomic E-state index is -1.32. The normalized spacial score (nSPS) is 14.7. The van der Waals surface area contributed by atoms with E-state index in [0.717, 1.165) is 11.3 Å². The van der Waals surface area contributed by atoms with Gasteiger partial charge in [-0.1, -0.05) is 42.5 Å². The number of nitrogens with zero attached hydrogens (tertiary/aromatic N) is 2. The van der Waals surface area contributed by atoms with Crippen molar-refractivity contribution in [2.75, 3.05) is 19.4 Å². The number of ether oxygens (including phenoxy) is 1. The van der Waals surface area contributed by atoms with E-state index in [1.54, 1.807) is 18.2 Å². The maximum absolute atomic E-state index is 12.3. The molecule has 6 nitrogen and oxygen atoms in total. The Hall–Kier alpha value is -2.80. The van der Waals surface area contributed by atoms with Crippen LogP contribution in [0.1, 0.15) is 22.3 Å². The summed E-state index contributed by atoms with van der Waals surface area (Å²) >= 11 is 0. The average Bonchev–Trinajstić information content (AvgIpc) is 3.17. The molecule has 134 valence electrons. The van der Waals surface area contributed by atoms with Crippen LogP contribution in [0.4, 0.5) is 0 Å². The summed E-state index contributed by atoms with van der Waals surface area (Å²) in [6.45, 7) is 0.0469. The Kier molecular flexibility index (Phi) is 5.58. The Labute approximate surface area is 153 Å². The van der Waals surface area contributed by atoms with Crippen molar-refractivity contribution >= 4 is 28.4 Å². The molecule has 1 heterocycles. The summed E-state index contributed by atoms with van der Waals surface area (Å²) in [7, 11) is -1.32. The molecule has 1 aliphatic rings. The minimum absolute atomic E-state index is 0.205. The van der Waals surface area contributed by atoms with Gasteiger partial charge in [0.15, 0.2) is 6.61 Å². The molecule has 0 unspecified atom stereocenters. The molecule has 1 atom stereocenters. The van der Waals surface area contributed by atoms with Crippen LogP contribution in [-0.2, 0) is 20.3 Å². The Balaban J connectivity index is 1.62. The van der Waals surface area contributed by atoms with E-state index in [-0.39, 0.29) is 11.5 Å². The molecule has 0 aliphatic carbocycles. The van der Waals surface area contributed by atoms with Crippen LogP contribution in [0.3, 0.4) is 0 Å². The molecular weight excluding hydrogens is 352 g/mol. The van der Waals surface area contributed by atoms with Gasteiger partial charge in [-0.3, -0.25) is 9.00 Å². The fraction of sp³-hybridized carbons (Fsp3) is 0.211. The van der Waals surface area contributed by atoms with E-state index in [1.807, 2.05) is 30.3 Å². The van der Waals surface area contributed by atoms with Crippen molar-refractivity contribution < 1.29 is 18.5 Å². The highest BCUT2D eigenvalue weighted by Gasteiger charge is 2.23. The number of hydrogen-bond acceptors (Lipinski definition) is 5. The third kappa shape index (κ3) is 4.05. The number of benzene rings is 2. The molecule has 0 aromatic heterocycles. The van der Waals surface area contributed by atoms with E-state index in [4.69, 9.17) is 4.74 Å². The molecule has 26 heavy (non-hydrogen) atoms. The van der Waals surface area contributed by atoms with Gasteiger partial charge in [-0.05, 0) is 17.7 Å². The highest BCUT2D eigenvalue weighted by Crippen LogP contribution is 2.16. The monoisotopic (exact) mass is 370 g/mol. The summed E-state index contributed by atoms with van der Waals surface area (Å²) < 4.78 is 16.8. The Morgan fingerprint density at radius 1 is 1.12 bits per heavy atom. The molecule has 0 saturated carbocycles. The van der Waals surface area contributed by atoms with Gasteiger partial charge in [-0.15, -0.1) is 0 Å². The summed E-state index contributed by atoms with van der Waals surface area (Å²) in [5, 5.41) is 5.63. The SMILES string of the molecule is C[S@](=O)c1ccccc1C(=O)OCC(=O)N1CCC(c2ccccc2)=N1. The number of rotatable bonds is 5. The summed E-state index contributed by atoms with van der Waals surface area (Å²) in [4.78, 5) is 24.9. The predicted octanol–water partition coefficient (Wildman–Crippen LogP) is 2.22. The van der Waals surface area contributed by atoms with Gasteiger partial charge in [-0.2, -0.15) is 5.10 Å². The first-order valence-electron chi connectivity index (χ1n) is 8.09. The second kappa shape index (κ2) is 8.05. The molecule has 1 aliphatic heterocycles. The van der Waals surface area contributed by atoms with Crippen LogP contribution in [0.15, 0.2) is 64.6 Å². The van der Waals surface area contributed by atoms with Crippen LogP contribution < -0.4 is 0 Å². The summed E-state index contributed by atoms with van der Waals surface area (Å²) in [5.74, 6) is -1.06. The molecule has 0 N–H and O–H groups in total. The zero-order valence-corrected chi connectivity index (χ0v) is 15.1. The van der Waals surface area contributed by atoms with E-state index in [0.29, 0.717) is 17.9 Å². The van der Waals surface area contributed by atoms with Gasteiger partial charge in [0, 0.05) is 12.7 Å². The third-order valence-electron chi connectivity index (χ3n) is 3.94. The average molecular weight is 370 g/mol. The zero-order chi connectivity index (χ0) is 18.5. The van der Waals surface area contributed by atoms with Gasteiger partial charge in [-0.25, -0.2) is 9.80 Å². The van der Waals surface area contributed by atoms with Gasteiger partial charge in [0.25, 0.3) is 5.91 Å². The fourth-order valence-corrected chi connectivity index (χ4v) is 3.37. The molecule has 2 aromatic rings. The summed E-state index contributed by atoms with van der Waals surface area (Å²) in [5.41, 5.74) is 2.01. The van der Waals surface area contributed by atoms with Crippen molar-refractivity contribution in [3.8, 4) is 0 Å². The molecule has 0 fully saturated rings. The highest BCUT2D eigenvalue weighted by molar-refractivity contribution is 7.84. The Morgan fingerprint density at radius 3 is 2.54 bits per heavy atom. The highest BCUT2D eigenvalue weighted by atomic mass is 32.2. The maximum Gasteiger partial charge on any atom is 0.339 e. The molecule has 0 bridgehead atoms. The van der Waals surface area contributed by atoms with Crippen LogP contribution in [0.5, 0.6) is 0 Å². The van der Waals surface area contributed by atoms with Crippen LogP contribution in [0.2, 0.25) is 0 Å². The number of carbonyl (C=O) groups is 2. The summed E-state index contributed by atoms with van der Waals surface area (Å²) in [6.07, 6.45) is 2.14. The predicted molar refractivity (Wildman–Crippen MR) is 98.4 cm³/mol. The first-order valence-corrected chi connectivity index (χ1v) is 9.65. The lowest BCUT2D eigenvalue weighted by Gasteiger charge is -2.12. The third-order valence-corrected chi connectivity index (χ3v) is 4.92. The van der Waals surface area contributed by atoms with Crippen molar-refractivity contribution in [1.29, 1.82) is 0 Å². The topological polar surface area (TPSA) is 76.0 Å². The van der Waals surface area contributed by atoms with Crippen LogP contribution in [0, 0.1) is 0 Å². The van der Waals surface area contributed by atoms with E-state index < -0.39 is 23.4 Å². The number of amides is 1. The van der Waals surface area contributed by atoms with Crippen LogP contribution in [-0.4, -0.2) is 46.2 Å². The van der Waals surface area contributed by atoms with E-state index in [9.17, 15) is 13.8 Å². The number of hydrogen-bond donors (Lipinski definition) is 0. The lowest BCUT2D eigenvalue weighted by molar-refractivity contribution is -0.134. The van der Waals surface area contributed by atoms with Gasteiger partial charge >= 0.3 is 5.97 Å². The van der Waals surface area contributed by atoms with Crippen molar-refractivity contribution in [2.45, 2.75) is 11.3 Å². The smallest absolute Gasteiger partial charge is 0.339 e. The van der Waals surface area contributed by atoms with Gasteiger partial charge < -0.3 is 4.74 Å². The van der Waals surface area contributed by atoms with Gasteiger partial charge in [0.05, 0.1) is 33.5 Å². The van der Waals surface area contributed by atoms with E-state index >= 15 is 0 Å². The quantitative estimate of drug-likeness (QED) is 0.756. The molecule has 0 spiro atoms. The van der Waals surface area contributed by atoms with Gasteiger partial charge in [0.2, 0.25) is 0 Å². The molecule has 0 saturated heterocycles. The maximum atomic E-state index is 12.3. The van der Waals surface area contributed by atoms with Gasteiger partial charge in [0.1, 0.15) is 0 Å². The lowest BCUT2D eigenvalue weighted by Crippen LogP contribution is -2.29. The van der Waals surface area contributed by atoms with Crippen molar-refractivity contribution in [3.05, 3.63) is 65.7 Å². The molecule has 1 amide bonds. The largest absolute Gasteiger partial charge is 0.452 e. The summed E-state index contributed by atoms with van der Waals surface area (Å²) in [6, 6.07) is 16.1. The van der Waals surface area contributed by atoms with E-state index in [1.165, 1.54) is 17.3 Å². The second-order valence-electron chi connectivity index (χ2n) is 5.71. The van der Waals surface area contributed by atoms with Crippen molar-refractivity contribution in [1.82, 2.24) is 5.01 Å². The molecule has 3 rings (SSSR count). The number of esters is 1. The zero-order valence-electron chi connectivity index (χ0n) is 14.3. The number of hydrazone groups is 1. The molecule has 2 aromatic carbocycles. The van der Waals surface area contributed by atoms with Crippen molar-refractivity contribution in [3.63, 3.8) is 0 Å². The van der Waals surface area contributed by atoms with Crippen LogP contribution in [0.25, 0.3) is 0 Å². The fourth-order valence-electron chi connectivity index (χ4n) is 2.64. The second-order valence-corrected chi connectivity index (χ2v) is 7.05.